The van der Waals surface area contributed by atoms with E-state index in [9.17, 15) is 15.0 Å². The molecule has 1 fully saturated rings. The number of likely N-dealkylation sites (tertiary alicyclic amines) is 1. The summed E-state index contributed by atoms with van der Waals surface area (Å²) in [6.45, 7) is 4.61. The van der Waals surface area contributed by atoms with Gasteiger partial charge in [0.1, 0.15) is 0 Å². The largest absolute Gasteiger partial charge is 0.388 e. The van der Waals surface area contributed by atoms with E-state index in [1.54, 1.807) is 0 Å². The maximum Gasteiger partial charge on any atom is 0.227 e. The highest BCUT2D eigenvalue weighted by molar-refractivity contribution is 5.79. The molecular formula is C10H20N2O3. The van der Waals surface area contributed by atoms with Gasteiger partial charge in [-0.3, -0.25) is 4.79 Å². The van der Waals surface area contributed by atoms with Crippen molar-refractivity contribution in [3.05, 3.63) is 0 Å². The first kappa shape index (κ1) is 12.4. The molecule has 5 nitrogen and oxygen atoms in total. The molecule has 1 aliphatic heterocycles. The number of hydrogen-bond donors (Lipinski definition) is 3. The molecule has 1 heterocycles. The molecule has 1 aliphatic rings. The Kier molecular flexibility index (Phi) is 4.07. The highest BCUT2D eigenvalue weighted by atomic mass is 16.3. The van der Waals surface area contributed by atoms with Crippen LogP contribution in [0, 0.1) is 11.8 Å². The Bertz CT molecular complexity index is 223. The Morgan fingerprint density at radius 3 is 2.20 bits per heavy atom. The first-order valence-electron chi connectivity index (χ1n) is 5.32. The Labute approximate surface area is 89.9 Å². The fourth-order valence-corrected chi connectivity index (χ4v) is 1.84. The number of aliphatic hydroxyl groups excluding tert-OH is 2. The Balaban J connectivity index is 2.61. The topological polar surface area (TPSA) is 86.8 Å². The summed E-state index contributed by atoms with van der Waals surface area (Å²) in [6, 6.07) is 0. The molecule has 0 saturated carbocycles. The third-order valence-electron chi connectivity index (χ3n) is 2.95. The first-order valence-corrected chi connectivity index (χ1v) is 5.32. The van der Waals surface area contributed by atoms with Crippen LogP contribution in [0.3, 0.4) is 0 Å². The summed E-state index contributed by atoms with van der Waals surface area (Å²) >= 11 is 0. The van der Waals surface area contributed by atoms with Crippen molar-refractivity contribution in [3.63, 3.8) is 0 Å². The molecule has 15 heavy (non-hydrogen) atoms. The minimum absolute atomic E-state index is 0.0666. The number of amides is 1. The number of hydrogen-bond acceptors (Lipinski definition) is 4. The number of nitrogens with zero attached hydrogens (tertiary/aromatic N) is 1. The van der Waals surface area contributed by atoms with Crippen LogP contribution >= 0.6 is 0 Å². The van der Waals surface area contributed by atoms with Crippen LogP contribution in [0.2, 0.25) is 0 Å². The van der Waals surface area contributed by atoms with Crippen LogP contribution in [0.5, 0.6) is 0 Å². The van der Waals surface area contributed by atoms with Crippen LogP contribution in [-0.2, 0) is 4.79 Å². The first-order chi connectivity index (χ1) is 6.97. The zero-order valence-corrected chi connectivity index (χ0v) is 9.26. The van der Waals surface area contributed by atoms with Gasteiger partial charge in [-0.25, -0.2) is 0 Å². The molecule has 0 aromatic rings. The second-order valence-electron chi connectivity index (χ2n) is 4.46. The van der Waals surface area contributed by atoms with E-state index in [2.05, 4.69) is 0 Å². The van der Waals surface area contributed by atoms with E-state index in [4.69, 9.17) is 5.73 Å². The van der Waals surface area contributed by atoms with Crippen molar-refractivity contribution < 1.29 is 15.0 Å². The van der Waals surface area contributed by atoms with Gasteiger partial charge in [0.2, 0.25) is 5.91 Å². The SMILES string of the molecule is CC(C)C(CN)C(=O)N1C[C@@H](O)[C@@H](O)C1. The van der Waals surface area contributed by atoms with Gasteiger partial charge >= 0.3 is 0 Å². The Morgan fingerprint density at radius 2 is 1.87 bits per heavy atom. The van der Waals surface area contributed by atoms with E-state index in [0.717, 1.165) is 0 Å². The van der Waals surface area contributed by atoms with Gasteiger partial charge < -0.3 is 20.8 Å². The summed E-state index contributed by atoms with van der Waals surface area (Å²) < 4.78 is 0. The third-order valence-corrected chi connectivity index (χ3v) is 2.95. The predicted octanol–water partition coefficient (Wildman–Crippen LogP) is -1.22. The van der Waals surface area contributed by atoms with Crippen LogP contribution < -0.4 is 5.73 Å². The van der Waals surface area contributed by atoms with E-state index in [-0.39, 0.29) is 30.8 Å². The molecular weight excluding hydrogens is 196 g/mol. The molecule has 0 radical (unpaired) electrons. The summed E-state index contributed by atoms with van der Waals surface area (Å²) in [5.74, 6) is -0.108. The fraction of sp³-hybridized carbons (Fsp3) is 0.900. The van der Waals surface area contributed by atoms with E-state index in [1.807, 2.05) is 13.8 Å². The maximum atomic E-state index is 11.9. The van der Waals surface area contributed by atoms with Gasteiger partial charge in [-0.15, -0.1) is 0 Å². The minimum Gasteiger partial charge on any atom is -0.388 e. The molecule has 0 bridgehead atoms. The number of aliphatic hydroxyl groups is 2. The normalized spacial score (nSPS) is 28.5. The summed E-state index contributed by atoms with van der Waals surface area (Å²) in [5.41, 5.74) is 5.54. The number of rotatable bonds is 3. The van der Waals surface area contributed by atoms with Crippen molar-refractivity contribution in [1.29, 1.82) is 0 Å². The smallest absolute Gasteiger partial charge is 0.227 e. The van der Waals surface area contributed by atoms with E-state index < -0.39 is 12.2 Å². The van der Waals surface area contributed by atoms with Crippen molar-refractivity contribution >= 4 is 5.91 Å². The zero-order valence-electron chi connectivity index (χ0n) is 9.26. The van der Waals surface area contributed by atoms with Crippen molar-refractivity contribution in [2.24, 2.45) is 17.6 Å². The van der Waals surface area contributed by atoms with Crippen LogP contribution in [0.4, 0.5) is 0 Å². The zero-order chi connectivity index (χ0) is 11.6. The average molecular weight is 216 g/mol. The van der Waals surface area contributed by atoms with Crippen molar-refractivity contribution in [3.8, 4) is 0 Å². The Morgan fingerprint density at radius 1 is 1.40 bits per heavy atom. The second kappa shape index (κ2) is 4.92. The maximum absolute atomic E-state index is 11.9. The summed E-state index contributed by atoms with van der Waals surface area (Å²) in [6.07, 6.45) is -1.64. The quantitative estimate of drug-likeness (QED) is 0.552. The summed E-state index contributed by atoms with van der Waals surface area (Å²) in [4.78, 5) is 13.4. The highest BCUT2D eigenvalue weighted by Gasteiger charge is 2.35. The summed E-state index contributed by atoms with van der Waals surface area (Å²) in [7, 11) is 0. The molecule has 1 saturated heterocycles. The molecule has 4 N–H and O–H groups in total. The van der Waals surface area contributed by atoms with Gasteiger partial charge in [0.25, 0.3) is 0 Å². The lowest BCUT2D eigenvalue weighted by molar-refractivity contribution is -0.136. The fourth-order valence-electron chi connectivity index (χ4n) is 1.84. The molecule has 1 unspecified atom stereocenters. The van der Waals surface area contributed by atoms with Crippen molar-refractivity contribution in [2.75, 3.05) is 19.6 Å². The number of β-amino-alcohol motifs (C(OH)–C–C–N with tert-alkyl or cyclic N) is 2. The van der Waals surface area contributed by atoms with Gasteiger partial charge in [-0.1, -0.05) is 13.8 Å². The average Bonchev–Trinajstić information content (AvgIpc) is 2.47. The molecule has 0 aromatic carbocycles. The van der Waals surface area contributed by atoms with Gasteiger partial charge in [0.05, 0.1) is 18.1 Å². The lowest BCUT2D eigenvalue weighted by Gasteiger charge is -2.24. The lowest BCUT2D eigenvalue weighted by atomic mass is 9.94. The third kappa shape index (κ3) is 2.68. The molecule has 3 atom stereocenters. The standard InChI is InChI=1S/C10H20N2O3/c1-6(2)7(3-11)10(15)12-4-8(13)9(14)5-12/h6-9,13-14H,3-5,11H2,1-2H3/t7?,8-,9+. The molecule has 1 rings (SSSR count). The Hall–Kier alpha value is -0.650. The van der Waals surface area contributed by atoms with Crippen molar-refractivity contribution in [2.45, 2.75) is 26.1 Å². The van der Waals surface area contributed by atoms with E-state index >= 15 is 0 Å². The van der Waals surface area contributed by atoms with E-state index in [1.165, 1.54) is 4.90 Å². The molecule has 0 spiro atoms. The molecule has 0 aliphatic carbocycles. The van der Waals surface area contributed by atoms with Crippen LogP contribution in [0.15, 0.2) is 0 Å². The highest BCUT2D eigenvalue weighted by Crippen LogP contribution is 2.17. The van der Waals surface area contributed by atoms with Gasteiger partial charge in [-0.2, -0.15) is 0 Å². The number of nitrogens with two attached hydrogens (primary N) is 1. The molecule has 88 valence electrons. The lowest BCUT2D eigenvalue weighted by Crippen LogP contribution is -2.40. The summed E-state index contributed by atoms with van der Waals surface area (Å²) in [5, 5.41) is 18.7. The molecule has 0 aromatic heterocycles. The minimum atomic E-state index is -0.820. The van der Waals surface area contributed by atoms with Crippen molar-refractivity contribution in [1.82, 2.24) is 4.90 Å². The molecule has 5 heteroatoms. The second-order valence-corrected chi connectivity index (χ2v) is 4.46. The molecule has 1 amide bonds. The van der Waals surface area contributed by atoms with Crippen LogP contribution in [-0.4, -0.2) is 52.9 Å². The predicted molar refractivity (Wildman–Crippen MR) is 56.0 cm³/mol. The monoisotopic (exact) mass is 216 g/mol. The van der Waals surface area contributed by atoms with Gasteiger partial charge in [0.15, 0.2) is 0 Å². The number of carbonyl (C=O) groups excluding carboxylic acids is 1. The van der Waals surface area contributed by atoms with Crippen LogP contribution in [0.1, 0.15) is 13.8 Å². The van der Waals surface area contributed by atoms with Gasteiger partial charge in [-0.05, 0) is 5.92 Å². The van der Waals surface area contributed by atoms with E-state index in [0.29, 0.717) is 6.54 Å². The van der Waals surface area contributed by atoms with Crippen LogP contribution in [0.25, 0.3) is 0 Å². The van der Waals surface area contributed by atoms with Gasteiger partial charge in [0, 0.05) is 19.6 Å². The number of carbonyl (C=O) groups is 1.